The minimum atomic E-state index is -0.853. The first-order valence-corrected chi connectivity index (χ1v) is 7.73. The summed E-state index contributed by atoms with van der Waals surface area (Å²) in [6.45, 7) is 0.0922. The molecule has 0 radical (unpaired) electrons. The van der Waals surface area contributed by atoms with Crippen molar-refractivity contribution < 1.29 is 14.3 Å². The second kappa shape index (κ2) is 6.39. The lowest BCUT2D eigenvalue weighted by Crippen LogP contribution is -2.52. The van der Waals surface area contributed by atoms with E-state index in [9.17, 15) is 9.59 Å². The predicted molar refractivity (Wildman–Crippen MR) is 89.0 cm³/mol. The molecule has 0 unspecified atom stereocenters. The number of ether oxygens (including phenoxy) is 1. The summed E-state index contributed by atoms with van der Waals surface area (Å²) in [5.41, 5.74) is 3.22. The second-order valence-electron chi connectivity index (χ2n) is 5.01. The van der Waals surface area contributed by atoms with E-state index in [2.05, 4.69) is 21.4 Å². The van der Waals surface area contributed by atoms with E-state index in [0.29, 0.717) is 17.0 Å². The van der Waals surface area contributed by atoms with E-state index in [1.807, 2.05) is 6.07 Å². The van der Waals surface area contributed by atoms with Gasteiger partial charge in [0, 0.05) is 10.0 Å². The van der Waals surface area contributed by atoms with Crippen LogP contribution in [0.5, 0.6) is 5.75 Å². The Hall–Kier alpha value is -2.38. The molecule has 1 heterocycles. The molecule has 0 aliphatic carbocycles. The van der Waals surface area contributed by atoms with Gasteiger partial charge in [0.15, 0.2) is 6.10 Å². The van der Waals surface area contributed by atoms with Crippen LogP contribution in [0.25, 0.3) is 0 Å². The van der Waals surface area contributed by atoms with E-state index in [-0.39, 0.29) is 12.5 Å². The first-order valence-electron chi connectivity index (χ1n) is 6.93. The molecule has 0 spiro atoms. The highest BCUT2D eigenvalue weighted by atomic mass is 79.9. The van der Waals surface area contributed by atoms with Crippen LogP contribution in [0.1, 0.15) is 10.4 Å². The number of benzene rings is 2. The molecule has 7 heteroatoms. The molecule has 2 aromatic rings. The standard InChI is InChI=1S/C16H14BrN3O3/c17-11-7-5-10(6-8-11)16(22)20-9-14(15(21)19-18)23-13-4-2-1-3-12(13)20/h1-8,14H,9,18H2,(H,19,21)/t14-/m1/s1. The Morgan fingerprint density at radius 3 is 2.57 bits per heavy atom. The van der Waals surface area contributed by atoms with Crippen LogP contribution in [0.15, 0.2) is 53.0 Å². The molecule has 2 aromatic carbocycles. The van der Waals surface area contributed by atoms with Crippen LogP contribution in [0.4, 0.5) is 5.69 Å². The molecule has 0 aromatic heterocycles. The largest absolute Gasteiger partial charge is 0.476 e. The average molecular weight is 376 g/mol. The third-order valence-electron chi connectivity index (χ3n) is 3.54. The van der Waals surface area contributed by atoms with Gasteiger partial charge in [-0.05, 0) is 36.4 Å². The Morgan fingerprint density at radius 1 is 1.17 bits per heavy atom. The molecule has 0 fully saturated rings. The molecular weight excluding hydrogens is 362 g/mol. The van der Waals surface area contributed by atoms with Gasteiger partial charge < -0.3 is 9.64 Å². The number of rotatable bonds is 2. The maximum Gasteiger partial charge on any atom is 0.276 e. The topological polar surface area (TPSA) is 84.7 Å². The van der Waals surface area contributed by atoms with Gasteiger partial charge in [0.2, 0.25) is 0 Å². The first kappa shape index (κ1) is 15.5. The number of amides is 2. The van der Waals surface area contributed by atoms with Gasteiger partial charge in [0.05, 0.1) is 12.2 Å². The number of para-hydroxylation sites is 2. The summed E-state index contributed by atoms with van der Waals surface area (Å²) in [7, 11) is 0. The number of carbonyl (C=O) groups is 2. The molecule has 0 saturated heterocycles. The molecule has 23 heavy (non-hydrogen) atoms. The van der Waals surface area contributed by atoms with Gasteiger partial charge in [-0.2, -0.15) is 0 Å². The smallest absolute Gasteiger partial charge is 0.276 e. The summed E-state index contributed by atoms with van der Waals surface area (Å²) in [5, 5.41) is 0. The summed E-state index contributed by atoms with van der Waals surface area (Å²) in [5.74, 6) is 4.97. The summed E-state index contributed by atoms with van der Waals surface area (Å²) >= 11 is 3.34. The van der Waals surface area contributed by atoms with Crippen LogP contribution < -0.4 is 20.9 Å². The van der Waals surface area contributed by atoms with Crippen LogP contribution >= 0.6 is 15.9 Å². The first-order chi connectivity index (χ1) is 11.1. The van der Waals surface area contributed by atoms with Crippen molar-refractivity contribution in [1.82, 2.24) is 5.43 Å². The lowest BCUT2D eigenvalue weighted by atomic mass is 10.1. The molecular formula is C16H14BrN3O3. The molecule has 1 aliphatic rings. The van der Waals surface area contributed by atoms with Gasteiger partial charge in [-0.3, -0.25) is 15.0 Å². The van der Waals surface area contributed by atoms with Crippen LogP contribution in [-0.4, -0.2) is 24.5 Å². The number of anilines is 1. The summed E-state index contributed by atoms with van der Waals surface area (Å²) < 4.78 is 6.51. The van der Waals surface area contributed by atoms with Gasteiger partial charge in [0.1, 0.15) is 5.75 Å². The quantitative estimate of drug-likeness (QED) is 0.476. The second-order valence-corrected chi connectivity index (χ2v) is 5.92. The third-order valence-corrected chi connectivity index (χ3v) is 4.07. The van der Waals surface area contributed by atoms with Crippen molar-refractivity contribution >= 4 is 33.4 Å². The number of hydrogen-bond acceptors (Lipinski definition) is 4. The van der Waals surface area contributed by atoms with Crippen molar-refractivity contribution in [1.29, 1.82) is 0 Å². The van der Waals surface area contributed by atoms with E-state index in [0.717, 1.165) is 4.47 Å². The van der Waals surface area contributed by atoms with Crippen molar-refractivity contribution in [3.05, 3.63) is 58.6 Å². The summed E-state index contributed by atoms with van der Waals surface area (Å²) in [6.07, 6.45) is -0.853. The van der Waals surface area contributed by atoms with E-state index in [4.69, 9.17) is 10.6 Å². The molecule has 0 bridgehead atoms. The number of nitrogens with one attached hydrogen (secondary N) is 1. The van der Waals surface area contributed by atoms with Crippen LogP contribution in [0.3, 0.4) is 0 Å². The molecule has 1 atom stereocenters. The monoisotopic (exact) mass is 375 g/mol. The fraction of sp³-hybridized carbons (Fsp3) is 0.125. The maximum atomic E-state index is 12.8. The Morgan fingerprint density at radius 2 is 1.87 bits per heavy atom. The summed E-state index contributed by atoms with van der Waals surface area (Å²) in [4.78, 5) is 26.2. The van der Waals surface area contributed by atoms with Crippen LogP contribution in [0, 0.1) is 0 Å². The number of nitrogens with two attached hydrogens (primary N) is 1. The highest BCUT2D eigenvalue weighted by molar-refractivity contribution is 9.10. The SMILES string of the molecule is NNC(=O)[C@H]1CN(C(=O)c2ccc(Br)cc2)c2ccccc2O1. The molecule has 118 valence electrons. The van der Waals surface area contributed by atoms with E-state index >= 15 is 0 Å². The molecule has 3 N–H and O–H groups in total. The van der Waals surface area contributed by atoms with Gasteiger partial charge >= 0.3 is 0 Å². The van der Waals surface area contributed by atoms with E-state index in [1.54, 1.807) is 42.5 Å². The average Bonchev–Trinajstić information content (AvgIpc) is 2.60. The molecule has 0 saturated carbocycles. The Bertz CT molecular complexity index is 748. The van der Waals surface area contributed by atoms with Crippen LogP contribution in [-0.2, 0) is 4.79 Å². The number of nitrogens with zero attached hydrogens (tertiary/aromatic N) is 1. The van der Waals surface area contributed by atoms with Gasteiger partial charge in [-0.25, -0.2) is 5.84 Å². The van der Waals surface area contributed by atoms with E-state index in [1.165, 1.54) is 4.90 Å². The molecule has 1 aliphatic heterocycles. The van der Waals surface area contributed by atoms with Crippen LogP contribution in [0.2, 0.25) is 0 Å². The normalized spacial score (nSPS) is 16.3. The fourth-order valence-electron chi connectivity index (χ4n) is 2.40. The fourth-order valence-corrected chi connectivity index (χ4v) is 2.67. The maximum absolute atomic E-state index is 12.8. The zero-order valence-corrected chi connectivity index (χ0v) is 13.6. The Labute approximate surface area is 141 Å². The van der Waals surface area contributed by atoms with Gasteiger partial charge in [-0.1, -0.05) is 28.1 Å². The van der Waals surface area contributed by atoms with E-state index < -0.39 is 12.0 Å². The number of fused-ring (bicyclic) bond motifs is 1. The Kier molecular flexibility index (Phi) is 4.31. The highest BCUT2D eigenvalue weighted by Crippen LogP contribution is 2.34. The van der Waals surface area contributed by atoms with Crippen molar-refractivity contribution in [3.8, 4) is 5.75 Å². The van der Waals surface area contributed by atoms with Gasteiger partial charge in [0.25, 0.3) is 11.8 Å². The minimum Gasteiger partial charge on any atom is -0.476 e. The van der Waals surface area contributed by atoms with Crippen molar-refractivity contribution in [3.63, 3.8) is 0 Å². The molecule has 3 rings (SSSR count). The Balaban J connectivity index is 1.97. The van der Waals surface area contributed by atoms with Crippen molar-refractivity contribution in [2.24, 2.45) is 5.84 Å². The zero-order chi connectivity index (χ0) is 16.4. The highest BCUT2D eigenvalue weighted by Gasteiger charge is 2.33. The number of hydrogen-bond donors (Lipinski definition) is 2. The lowest BCUT2D eigenvalue weighted by Gasteiger charge is -2.34. The number of halogens is 1. The minimum absolute atomic E-state index is 0.0922. The van der Waals surface area contributed by atoms with Crippen molar-refractivity contribution in [2.45, 2.75) is 6.10 Å². The number of carbonyl (C=O) groups excluding carboxylic acids is 2. The third kappa shape index (κ3) is 3.06. The molecule has 2 amide bonds. The van der Waals surface area contributed by atoms with Gasteiger partial charge in [-0.15, -0.1) is 0 Å². The zero-order valence-electron chi connectivity index (χ0n) is 12.0. The lowest BCUT2D eigenvalue weighted by molar-refractivity contribution is -0.127. The summed E-state index contributed by atoms with van der Waals surface area (Å²) in [6, 6.07) is 14.1. The molecule has 6 nitrogen and oxygen atoms in total. The number of hydrazine groups is 1. The predicted octanol–water partition coefficient (Wildman–Crippen LogP) is 1.85. The van der Waals surface area contributed by atoms with Crippen molar-refractivity contribution in [2.75, 3.05) is 11.4 Å².